The Labute approximate surface area is 160 Å². The topological polar surface area (TPSA) is 119 Å². The predicted molar refractivity (Wildman–Crippen MR) is 101 cm³/mol. The summed E-state index contributed by atoms with van der Waals surface area (Å²) in [4.78, 5) is 25.8. The molecule has 1 aliphatic heterocycles. The highest BCUT2D eigenvalue weighted by Crippen LogP contribution is 2.30. The van der Waals surface area contributed by atoms with Crippen molar-refractivity contribution in [3.8, 4) is 6.07 Å². The van der Waals surface area contributed by atoms with E-state index in [1.54, 1.807) is 13.8 Å². The zero-order valence-electron chi connectivity index (χ0n) is 15.8. The number of nitriles is 1. The van der Waals surface area contributed by atoms with E-state index >= 15 is 0 Å². The van der Waals surface area contributed by atoms with Gasteiger partial charge in [-0.05, 0) is 18.4 Å². The summed E-state index contributed by atoms with van der Waals surface area (Å²) in [5.41, 5.74) is 4.38. The van der Waals surface area contributed by atoms with E-state index in [0.717, 1.165) is 5.56 Å². The van der Waals surface area contributed by atoms with Crippen molar-refractivity contribution in [2.75, 3.05) is 13.2 Å². The molecule has 2 amide bonds. The summed E-state index contributed by atoms with van der Waals surface area (Å²) >= 11 is 0. The van der Waals surface area contributed by atoms with Gasteiger partial charge in [-0.2, -0.15) is 5.26 Å². The molecule has 0 aromatic heterocycles. The van der Waals surface area contributed by atoms with Crippen molar-refractivity contribution in [2.45, 2.75) is 44.8 Å². The molecule has 0 saturated carbocycles. The minimum absolute atomic E-state index is 0.174. The molecule has 0 aliphatic carbocycles. The van der Waals surface area contributed by atoms with E-state index < -0.39 is 28.8 Å². The second kappa shape index (κ2) is 8.51. The van der Waals surface area contributed by atoms with Crippen LogP contribution in [-0.4, -0.2) is 46.6 Å². The standard InChI is InChI=1S/C20H27N4O3/c1-19(2,18(22)27)9-8-17(26)23-20(14-21)10-11-24(16(20)13-25)12-15-6-4-3-5-7-15/h3-8,16,25H,9-13H2,1-2H3,(H2,22,27)(H,23,26). The van der Waals surface area contributed by atoms with Crippen LogP contribution >= 0.6 is 0 Å². The van der Waals surface area contributed by atoms with Crippen molar-refractivity contribution in [1.29, 1.82) is 5.26 Å². The quantitative estimate of drug-likeness (QED) is 0.622. The third-order valence-corrected chi connectivity index (χ3v) is 5.21. The van der Waals surface area contributed by atoms with E-state index in [-0.39, 0.29) is 13.0 Å². The first kappa shape index (κ1) is 20.9. The Hall–Kier alpha value is -2.43. The molecular formula is C20H27N4O3. The zero-order chi connectivity index (χ0) is 20.1. The van der Waals surface area contributed by atoms with Crippen LogP contribution in [0.3, 0.4) is 0 Å². The fourth-order valence-electron chi connectivity index (χ4n) is 3.26. The summed E-state index contributed by atoms with van der Waals surface area (Å²) in [5.74, 6) is -0.935. The molecule has 2 unspecified atom stereocenters. The molecule has 1 aliphatic rings. The summed E-state index contributed by atoms with van der Waals surface area (Å²) in [6.45, 7) is 4.25. The number of benzene rings is 1. The predicted octanol–water partition coefficient (Wildman–Crippen LogP) is 0.738. The first-order valence-corrected chi connectivity index (χ1v) is 8.99. The Morgan fingerprint density at radius 1 is 1.44 bits per heavy atom. The molecule has 2 atom stereocenters. The number of amides is 2. The summed E-state index contributed by atoms with van der Waals surface area (Å²) in [5, 5.41) is 22.4. The lowest BCUT2D eigenvalue weighted by Gasteiger charge is -2.33. The molecule has 2 rings (SSSR count). The number of carbonyl (C=O) groups excluding carboxylic acids is 2. The van der Waals surface area contributed by atoms with Gasteiger partial charge in [0.2, 0.25) is 11.8 Å². The average Bonchev–Trinajstić information content (AvgIpc) is 2.98. The third-order valence-electron chi connectivity index (χ3n) is 5.21. The van der Waals surface area contributed by atoms with Crippen LogP contribution in [0.15, 0.2) is 30.3 Å². The van der Waals surface area contributed by atoms with E-state index in [2.05, 4.69) is 11.4 Å². The van der Waals surface area contributed by atoms with Crippen LogP contribution in [0.1, 0.15) is 32.3 Å². The lowest BCUT2D eigenvalue weighted by molar-refractivity contribution is -0.126. The van der Waals surface area contributed by atoms with Crippen molar-refractivity contribution in [3.63, 3.8) is 0 Å². The van der Waals surface area contributed by atoms with Crippen LogP contribution in [0, 0.1) is 23.2 Å². The monoisotopic (exact) mass is 371 g/mol. The third kappa shape index (κ3) is 4.85. The van der Waals surface area contributed by atoms with Gasteiger partial charge in [-0.1, -0.05) is 44.2 Å². The Kier molecular flexibility index (Phi) is 6.58. The van der Waals surface area contributed by atoms with Crippen LogP contribution in [0.2, 0.25) is 0 Å². The Bertz CT molecular complexity index is 714. The molecule has 1 fully saturated rings. The van der Waals surface area contributed by atoms with Gasteiger partial charge < -0.3 is 16.2 Å². The largest absolute Gasteiger partial charge is 0.395 e. The Balaban J connectivity index is 2.05. The lowest BCUT2D eigenvalue weighted by Crippen LogP contribution is -2.57. The number of rotatable bonds is 8. The van der Waals surface area contributed by atoms with E-state index in [9.17, 15) is 20.0 Å². The Morgan fingerprint density at radius 2 is 2.11 bits per heavy atom. The van der Waals surface area contributed by atoms with Gasteiger partial charge in [-0.25, -0.2) is 0 Å². The maximum absolute atomic E-state index is 12.4. The molecule has 4 N–H and O–H groups in total. The second-order valence-corrected chi connectivity index (χ2v) is 7.63. The Morgan fingerprint density at radius 3 is 2.67 bits per heavy atom. The van der Waals surface area contributed by atoms with Crippen molar-refractivity contribution >= 4 is 11.8 Å². The van der Waals surface area contributed by atoms with Crippen LogP contribution in [0.5, 0.6) is 0 Å². The fraction of sp³-hybridized carbons (Fsp3) is 0.500. The van der Waals surface area contributed by atoms with Crippen LogP contribution < -0.4 is 11.1 Å². The van der Waals surface area contributed by atoms with Crippen molar-refractivity contribution in [2.24, 2.45) is 11.1 Å². The summed E-state index contributed by atoms with van der Waals surface area (Å²) in [7, 11) is 0. The molecule has 1 saturated heterocycles. The van der Waals surface area contributed by atoms with E-state index in [1.807, 2.05) is 35.2 Å². The highest BCUT2D eigenvalue weighted by Gasteiger charge is 2.48. The molecule has 1 aromatic rings. The number of carbonyl (C=O) groups is 2. The molecule has 145 valence electrons. The molecule has 7 heteroatoms. The molecule has 27 heavy (non-hydrogen) atoms. The lowest BCUT2D eigenvalue weighted by atomic mass is 9.86. The molecule has 0 bridgehead atoms. The van der Waals surface area contributed by atoms with Crippen LogP contribution in [0.25, 0.3) is 0 Å². The van der Waals surface area contributed by atoms with Crippen LogP contribution in [0.4, 0.5) is 0 Å². The van der Waals surface area contributed by atoms with Gasteiger partial charge in [-0.15, -0.1) is 0 Å². The maximum atomic E-state index is 12.4. The van der Waals surface area contributed by atoms with Gasteiger partial charge in [-0.3, -0.25) is 14.5 Å². The zero-order valence-corrected chi connectivity index (χ0v) is 15.8. The average molecular weight is 371 g/mol. The first-order valence-electron chi connectivity index (χ1n) is 8.99. The molecular weight excluding hydrogens is 344 g/mol. The van der Waals surface area contributed by atoms with Crippen molar-refractivity contribution in [1.82, 2.24) is 10.2 Å². The minimum atomic E-state index is -1.17. The SMILES string of the molecule is CC(C)(C[CH]C(=O)NC1(C#N)CCN(Cc2ccccc2)C1CO)C(N)=O. The van der Waals surface area contributed by atoms with Gasteiger partial charge in [0.1, 0.15) is 5.54 Å². The van der Waals surface area contributed by atoms with Gasteiger partial charge in [0.15, 0.2) is 0 Å². The second-order valence-electron chi connectivity index (χ2n) is 7.63. The highest BCUT2D eigenvalue weighted by atomic mass is 16.3. The minimum Gasteiger partial charge on any atom is -0.395 e. The molecule has 1 heterocycles. The van der Waals surface area contributed by atoms with E-state index in [4.69, 9.17) is 5.73 Å². The molecule has 7 nitrogen and oxygen atoms in total. The van der Waals surface area contributed by atoms with Gasteiger partial charge in [0, 0.05) is 18.5 Å². The number of hydrogen-bond donors (Lipinski definition) is 3. The summed E-state index contributed by atoms with van der Waals surface area (Å²) < 4.78 is 0. The normalized spacial score (nSPS) is 23.0. The highest BCUT2D eigenvalue weighted by molar-refractivity contribution is 5.88. The number of likely N-dealkylation sites (tertiary alicyclic amines) is 1. The first-order chi connectivity index (χ1) is 12.7. The number of primary amides is 1. The smallest absolute Gasteiger partial charge is 0.225 e. The molecule has 1 radical (unpaired) electrons. The van der Waals surface area contributed by atoms with E-state index in [0.29, 0.717) is 19.5 Å². The van der Waals surface area contributed by atoms with Crippen LogP contribution in [-0.2, 0) is 16.1 Å². The number of aliphatic hydroxyl groups excluding tert-OH is 1. The van der Waals surface area contributed by atoms with Gasteiger partial charge in [0.25, 0.3) is 0 Å². The number of hydrogen-bond acceptors (Lipinski definition) is 5. The maximum Gasteiger partial charge on any atom is 0.225 e. The van der Waals surface area contributed by atoms with Gasteiger partial charge >= 0.3 is 0 Å². The van der Waals surface area contributed by atoms with E-state index in [1.165, 1.54) is 6.42 Å². The van der Waals surface area contributed by atoms with Crippen molar-refractivity contribution in [3.05, 3.63) is 42.3 Å². The number of nitrogens with zero attached hydrogens (tertiary/aromatic N) is 2. The summed E-state index contributed by atoms with van der Waals surface area (Å²) in [6.07, 6.45) is 1.94. The molecule has 1 aromatic carbocycles. The number of nitrogens with one attached hydrogen (secondary N) is 1. The molecule has 0 spiro atoms. The summed E-state index contributed by atoms with van der Waals surface area (Å²) in [6, 6.07) is 11.5. The number of aliphatic hydroxyl groups is 1. The number of nitrogens with two attached hydrogens (primary N) is 1. The van der Waals surface area contributed by atoms with Crippen molar-refractivity contribution < 1.29 is 14.7 Å². The van der Waals surface area contributed by atoms with Gasteiger partial charge in [0.05, 0.1) is 25.1 Å². The fourth-order valence-corrected chi connectivity index (χ4v) is 3.26.